The molecule has 0 heterocycles. The lowest BCUT2D eigenvalue weighted by Crippen LogP contribution is -2.35. The molecule has 0 aromatic heterocycles. The fourth-order valence-electron chi connectivity index (χ4n) is 2.12. The first-order valence-electron chi connectivity index (χ1n) is 7.34. The average molecular weight is 306 g/mol. The molecule has 0 aliphatic carbocycles. The second kappa shape index (κ2) is 8.17. The van der Waals surface area contributed by atoms with Crippen LogP contribution in [0, 0.1) is 0 Å². The van der Waals surface area contributed by atoms with Crippen molar-refractivity contribution in [3.05, 3.63) is 35.4 Å². The van der Waals surface area contributed by atoms with Crippen LogP contribution in [0.4, 0.5) is 0 Å². The second-order valence-electron chi connectivity index (χ2n) is 4.77. The third-order valence-corrected chi connectivity index (χ3v) is 3.42. The fourth-order valence-corrected chi connectivity index (χ4v) is 2.12. The Morgan fingerprint density at radius 3 is 1.50 bits per heavy atom. The van der Waals surface area contributed by atoms with Crippen LogP contribution in [0.1, 0.15) is 41.5 Å². The number of rotatable bonds is 7. The minimum atomic E-state index is -1.05. The van der Waals surface area contributed by atoms with Crippen LogP contribution in [-0.2, 0) is 4.79 Å². The van der Waals surface area contributed by atoms with E-state index in [9.17, 15) is 14.4 Å². The molecular weight excluding hydrogens is 284 g/mol. The summed E-state index contributed by atoms with van der Waals surface area (Å²) in [7, 11) is 0. The summed E-state index contributed by atoms with van der Waals surface area (Å²) in [6.45, 7) is 6.75. The summed E-state index contributed by atoms with van der Waals surface area (Å²) < 4.78 is 0. The largest absolute Gasteiger partial charge is 0.480 e. The Morgan fingerprint density at radius 1 is 0.818 bits per heavy atom. The molecule has 22 heavy (non-hydrogen) atoms. The number of carbonyl (C=O) groups is 3. The molecule has 1 aromatic rings. The molecule has 2 amide bonds. The third kappa shape index (κ3) is 4.31. The van der Waals surface area contributed by atoms with Gasteiger partial charge in [0.1, 0.15) is 6.54 Å². The van der Waals surface area contributed by atoms with Gasteiger partial charge >= 0.3 is 5.97 Å². The van der Waals surface area contributed by atoms with Gasteiger partial charge in [-0.1, -0.05) is 0 Å². The number of likely N-dealkylation sites (N-methyl/N-ethyl adjacent to an activating group) is 1. The Kier molecular flexibility index (Phi) is 6.56. The molecule has 0 atom stereocenters. The molecule has 6 heteroatoms. The van der Waals surface area contributed by atoms with Crippen LogP contribution in [-0.4, -0.2) is 58.9 Å². The van der Waals surface area contributed by atoms with Crippen molar-refractivity contribution >= 4 is 17.8 Å². The van der Waals surface area contributed by atoms with Gasteiger partial charge < -0.3 is 14.9 Å². The van der Waals surface area contributed by atoms with Gasteiger partial charge in [-0.3, -0.25) is 14.4 Å². The van der Waals surface area contributed by atoms with E-state index in [0.29, 0.717) is 30.8 Å². The van der Waals surface area contributed by atoms with Crippen LogP contribution in [0.3, 0.4) is 0 Å². The maximum absolute atomic E-state index is 12.2. The zero-order valence-electron chi connectivity index (χ0n) is 13.2. The number of carboxylic acids is 1. The van der Waals surface area contributed by atoms with Crippen LogP contribution >= 0.6 is 0 Å². The lowest BCUT2D eigenvalue weighted by Gasteiger charge is -2.20. The van der Waals surface area contributed by atoms with Crippen LogP contribution in [0.25, 0.3) is 0 Å². The molecule has 0 radical (unpaired) electrons. The first kappa shape index (κ1) is 17.7. The molecule has 1 aromatic carbocycles. The van der Waals surface area contributed by atoms with Gasteiger partial charge in [0.25, 0.3) is 11.8 Å². The van der Waals surface area contributed by atoms with E-state index in [1.54, 1.807) is 36.1 Å². The van der Waals surface area contributed by atoms with Crippen molar-refractivity contribution in [2.75, 3.05) is 26.2 Å². The number of amides is 2. The van der Waals surface area contributed by atoms with Gasteiger partial charge in [-0.05, 0) is 45.0 Å². The molecule has 1 N–H and O–H groups in total. The first-order valence-corrected chi connectivity index (χ1v) is 7.34. The van der Waals surface area contributed by atoms with Gasteiger partial charge in [0.2, 0.25) is 0 Å². The van der Waals surface area contributed by atoms with Crippen molar-refractivity contribution < 1.29 is 19.5 Å². The second-order valence-corrected chi connectivity index (χ2v) is 4.77. The van der Waals surface area contributed by atoms with Crippen LogP contribution in [0.15, 0.2) is 24.3 Å². The van der Waals surface area contributed by atoms with Crippen LogP contribution in [0.2, 0.25) is 0 Å². The van der Waals surface area contributed by atoms with Gasteiger partial charge in [0.05, 0.1) is 0 Å². The number of hydrogen-bond acceptors (Lipinski definition) is 3. The summed E-state index contributed by atoms with van der Waals surface area (Å²) in [4.78, 5) is 38.1. The van der Waals surface area contributed by atoms with Gasteiger partial charge in [0.15, 0.2) is 0 Å². The normalized spacial score (nSPS) is 10.1. The van der Waals surface area contributed by atoms with E-state index in [-0.39, 0.29) is 18.4 Å². The number of carbonyl (C=O) groups excluding carboxylic acids is 2. The summed E-state index contributed by atoms with van der Waals surface area (Å²) in [5, 5.41) is 8.80. The van der Waals surface area contributed by atoms with Gasteiger partial charge in [-0.2, -0.15) is 0 Å². The van der Waals surface area contributed by atoms with E-state index < -0.39 is 5.97 Å². The Bertz CT molecular complexity index is 536. The quantitative estimate of drug-likeness (QED) is 0.832. The van der Waals surface area contributed by atoms with E-state index in [4.69, 9.17) is 5.11 Å². The number of benzene rings is 1. The van der Waals surface area contributed by atoms with E-state index >= 15 is 0 Å². The summed E-state index contributed by atoms with van der Waals surface area (Å²) >= 11 is 0. The minimum Gasteiger partial charge on any atom is -0.480 e. The Labute approximate surface area is 130 Å². The molecule has 0 unspecified atom stereocenters. The van der Waals surface area contributed by atoms with E-state index in [2.05, 4.69) is 0 Å². The lowest BCUT2D eigenvalue weighted by atomic mass is 10.1. The molecule has 0 bridgehead atoms. The molecule has 0 spiro atoms. The molecule has 0 saturated heterocycles. The van der Waals surface area contributed by atoms with E-state index in [1.807, 2.05) is 13.8 Å². The minimum absolute atomic E-state index is 0.0816. The van der Waals surface area contributed by atoms with E-state index in [1.165, 1.54) is 4.90 Å². The summed E-state index contributed by atoms with van der Waals surface area (Å²) in [5.74, 6) is -1.49. The Hall–Kier alpha value is -2.37. The smallest absolute Gasteiger partial charge is 0.323 e. The summed E-state index contributed by atoms with van der Waals surface area (Å²) in [6, 6.07) is 6.32. The predicted molar refractivity (Wildman–Crippen MR) is 82.9 cm³/mol. The van der Waals surface area contributed by atoms with Crippen LogP contribution in [0.5, 0.6) is 0 Å². The Morgan fingerprint density at radius 2 is 1.18 bits per heavy atom. The molecule has 1 rings (SSSR count). The summed E-state index contributed by atoms with van der Waals surface area (Å²) in [6.07, 6.45) is 0. The standard InChI is InChI=1S/C16H22N2O4/c1-4-17(5-2)15(21)12-7-9-13(10-8-12)16(22)18(6-3)11-14(19)20/h7-10H,4-6,11H2,1-3H3,(H,19,20). The molecular formula is C16H22N2O4. The first-order chi connectivity index (χ1) is 10.4. The fraction of sp³-hybridized carbons (Fsp3) is 0.438. The van der Waals surface area contributed by atoms with Crippen molar-refractivity contribution in [1.29, 1.82) is 0 Å². The summed E-state index contributed by atoms with van der Waals surface area (Å²) in [5.41, 5.74) is 0.890. The predicted octanol–water partition coefficient (Wildman–Crippen LogP) is 1.72. The van der Waals surface area contributed by atoms with Gasteiger partial charge in [-0.15, -0.1) is 0 Å². The highest BCUT2D eigenvalue weighted by Gasteiger charge is 2.18. The monoisotopic (exact) mass is 306 g/mol. The number of nitrogens with zero attached hydrogens (tertiary/aromatic N) is 2. The zero-order chi connectivity index (χ0) is 16.7. The molecule has 6 nitrogen and oxygen atoms in total. The van der Waals surface area contributed by atoms with Crippen molar-refractivity contribution in [1.82, 2.24) is 9.80 Å². The highest BCUT2D eigenvalue weighted by Crippen LogP contribution is 2.10. The molecule has 0 fully saturated rings. The van der Waals surface area contributed by atoms with Gasteiger partial charge in [-0.25, -0.2) is 0 Å². The highest BCUT2D eigenvalue weighted by atomic mass is 16.4. The maximum atomic E-state index is 12.2. The highest BCUT2D eigenvalue weighted by molar-refractivity contribution is 5.98. The molecule has 0 saturated carbocycles. The molecule has 120 valence electrons. The van der Waals surface area contributed by atoms with Crippen molar-refractivity contribution in [3.8, 4) is 0 Å². The lowest BCUT2D eigenvalue weighted by molar-refractivity contribution is -0.137. The topological polar surface area (TPSA) is 77.9 Å². The van der Waals surface area contributed by atoms with Crippen molar-refractivity contribution in [2.24, 2.45) is 0 Å². The maximum Gasteiger partial charge on any atom is 0.323 e. The SMILES string of the molecule is CCN(CC)C(=O)c1ccc(C(=O)N(CC)CC(=O)O)cc1. The number of hydrogen-bond donors (Lipinski definition) is 1. The van der Waals surface area contributed by atoms with Crippen LogP contribution < -0.4 is 0 Å². The number of carboxylic acid groups (broad SMARTS) is 1. The molecule has 0 aliphatic rings. The zero-order valence-corrected chi connectivity index (χ0v) is 13.2. The average Bonchev–Trinajstić information content (AvgIpc) is 2.53. The molecule has 0 aliphatic heterocycles. The Balaban J connectivity index is 2.90. The third-order valence-electron chi connectivity index (χ3n) is 3.42. The van der Waals surface area contributed by atoms with Crippen molar-refractivity contribution in [2.45, 2.75) is 20.8 Å². The van der Waals surface area contributed by atoms with Crippen molar-refractivity contribution in [3.63, 3.8) is 0 Å². The van der Waals surface area contributed by atoms with Gasteiger partial charge in [0, 0.05) is 30.8 Å². The number of aliphatic carboxylic acids is 1. The van der Waals surface area contributed by atoms with E-state index in [0.717, 1.165) is 0 Å².